The third kappa shape index (κ3) is 14.1. The fourth-order valence-corrected chi connectivity index (χ4v) is 8.89. The predicted molar refractivity (Wildman–Crippen MR) is 268 cm³/mol. The van der Waals surface area contributed by atoms with Crippen LogP contribution < -0.4 is 35.5 Å². The van der Waals surface area contributed by atoms with Crippen molar-refractivity contribution in [2.45, 2.75) is 122 Å². The van der Waals surface area contributed by atoms with Crippen LogP contribution in [-0.2, 0) is 49.5 Å². The molecule has 0 saturated carbocycles. The van der Waals surface area contributed by atoms with E-state index in [1.54, 1.807) is 51.3 Å². The van der Waals surface area contributed by atoms with E-state index < -0.39 is 83.3 Å². The van der Waals surface area contributed by atoms with Crippen LogP contribution in [0.3, 0.4) is 0 Å². The third-order valence-electron chi connectivity index (χ3n) is 13.5. The van der Waals surface area contributed by atoms with Crippen molar-refractivity contribution in [2.75, 3.05) is 45.8 Å². The standard InChI is InChI=1S/C54H66N6O14/c1-6-54(2,3)48(65)52(69)59-29-10-7-17-38(59)53(70)74-39(23-21-33-22-24-40(71-4)42(30-33)72-5)34-14-11-15-35(31-34)57-45(63)26-25-43(61)55-27-8-9-28-56-46(64)32-73-41-19-12-16-36-47(41)51(68)60(50(36)67)37-18-13-20-44(62)58-49(37)66/h11-12,14-16,19,22,24,30-31,37-39H,6-10,13,17-18,20-21,23,25-29,32H2,1-5H3,(H,55,61)(H,56,64)(H,57,63)(H,58,62,66)/t37-,38-,39+/m0/s1. The van der Waals surface area contributed by atoms with Crippen molar-refractivity contribution < 1.29 is 66.9 Å². The van der Waals surface area contributed by atoms with E-state index in [9.17, 15) is 47.9 Å². The van der Waals surface area contributed by atoms with Crippen molar-refractivity contribution in [1.29, 1.82) is 0 Å². The number of rotatable bonds is 24. The minimum atomic E-state index is -1.15. The Balaban J connectivity index is 0.957. The summed E-state index contributed by atoms with van der Waals surface area (Å²) in [4.78, 5) is 132. The highest BCUT2D eigenvalue weighted by Crippen LogP contribution is 2.35. The zero-order valence-corrected chi connectivity index (χ0v) is 42.6. The van der Waals surface area contributed by atoms with Crippen LogP contribution in [0, 0.1) is 5.41 Å². The molecule has 396 valence electrons. The lowest BCUT2D eigenvalue weighted by Gasteiger charge is -2.36. The highest BCUT2D eigenvalue weighted by molar-refractivity contribution is 6.38. The molecule has 4 N–H and O–H groups in total. The Labute approximate surface area is 429 Å². The summed E-state index contributed by atoms with van der Waals surface area (Å²) < 4.78 is 22.8. The first-order valence-electron chi connectivity index (χ1n) is 25.1. The highest BCUT2D eigenvalue weighted by Gasteiger charge is 2.46. The van der Waals surface area contributed by atoms with Crippen LogP contribution >= 0.6 is 0 Å². The smallest absolute Gasteiger partial charge is 0.329 e. The minimum Gasteiger partial charge on any atom is -0.493 e. The lowest BCUT2D eigenvalue weighted by Crippen LogP contribution is -2.53. The van der Waals surface area contributed by atoms with Gasteiger partial charge in [-0.3, -0.25) is 53.4 Å². The third-order valence-corrected chi connectivity index (χ3v) is 13.5. The van der Waals surface area contributed by atoms with Crippen molar-refractivity contribution in [3.05, 3.63) is 82.9 Å². The molecule has 0 unspecified atom stereocenters. The van der Waals surface area contributed by atoms with E-state index in [-0.39, 0.29) is 68.1 Å². The van der Waals surface area contributed by atoms with Gasteiger partial charge < -0.3 is 39.8 Å². The first-order valence-corrected chi connectivity index (χ1v) is 25.1. The number of carbonyl (C=O) groups is 10. The second kappa shape index (κ2) is 25.8. The Hall–Kier alpha value is -7.64. The van der Waals surface area contributed by atoms with Crippen LogP contribution in [-0.4, -0.2) is 121 Å². The molecule has 2 saturated heterocycles. The molecule has 20 nitrogen and oxygen atoms in total. The molecular weight excluding hydrogens is 957 g/mol. The van der Waals surface area contributed by atoms with E-state index in [0.717, 1.165) is 10.5 Å². The Kier molecular flexibility index (Phi) is 19.4. The molecule has 0 aromatic heterocycles. The first-order chi connectivity index (χ1) is 35.5. The first kappa shape index (κ1) is 55.7. The predicted octanol–water partition coefficient (Wildman–Crippen LogP) is 4.91. The fourth-order valence-electron chi connectivity index (χ4n) is 8.89. The number of hydrogen-bond donors (Lipinski definition) is 4. The molecule has 3 aromatic rings. The van der Waals surface area contributed by atoms with Crippen molar-refractivity contribution in [1.82, 2.24) is 25.8 Å². The van der Waals surface area contributed by atoms with E-state index in [2.05, 4.69) is 21.3 Å². The van der Waals surface area contributed by atoms with E-state index >= 15 is 0 Å². The molecule has 8 amide bonds. The number of benzene rings is 3. The molecule has 74 heavy (non-hydrogen) atoms. The number of esters is 1. The van der Waals surface area contributed by atoms with Gasteiger partial charge in [0.05, 0.1) is 25.3 Å². The molecule has 3 heterocycles. The van der Waals surface area contributed by atoms with Crippen molar-refractivity contribution >= 4 is 64.7 Å². The summed E-state index contributed by atoms with van der Waals surface area (Å²) in [5, 5.41) is 10.5. The van der Waals surface area contributed by atoms with Gasteiger partial charge in [0.2, 0.25) is 29.4 Å². The second-order valence-electron chi connectivity index (χ2n) is 19.1. The largest absolute Gasteiger partial charge is 0.493 e. The summed E-state index contributed by atoms with van der Waals surface area (Å²) in [6, 6.07) is 14.7. The molecule has 3 aliphatic heterocycles. The van der Waals surface area contributed by atoms with Gasteiger partial charge >= 0.3 is 5.97 Å². The zero-order valence-electron chi connectivity index (χ0n) is 42.6. The SMILES string of the molecule is CCC(C)(C)C(=O)C(=O)N1CCCC[C@H]1C(=O)O[C@H](CCc1ccc(OC)c(OC)c1)c1cccc(NC(=O)CCC(=O)NCCCCNC(=O)COc2cccc3c2C(=O)N([C@H]2CCCC(=O)NC2=O)C3=O)c1. The molecule has 0 radical (unpaired) electrons. The molecule has 3 atom stereocenters. The number of nitrogens with one attached hydrogen (secondary N) is 4. The van der Waals surface area contributed by atoms with Crippen molar-refractivity contribution in [3.63, 3.8) is 0 Å². The Bertz CT molecular complexity index is 2630. The number of piperidine rings is 1. The summed E-state index contributed by atoms with van der Waals surface area (Å²) in [6.07, 6.45) is 3.42. The molecular formula is C54H66N6O14. The number of aryl methyl sites for hydroxylation is 1. The number of Topliss-reactive ketones (excluding diaryl/α,β-unsaturated/α-hetero) is 1. The van der Waals surface area contributed by atoms with E-state index in [1.165, 1.54) is 30.2 Å². The normalized spacial score (nSPS) is 17.0. The maximum atomic E-state index is 14.1. The maximum Gasteiger partial charge on any atom is 0.329 e. The molecule has 2 fully saturated rings. The second-order valence-corrected chi connectivity index (χ2v) is 19.1. The summed E-state index contributed by atoms with van der Waals surface area (Å²) in [6.45, 7) is 5.60. The van der Waals surface area contributed by atoms with Crippen molar-refractivity contribution in [2.24, 2.45) is 5.41 Å². The minimum absolute atomic E-state index is 0.00354. The Morgan fingerprint density at radius 3 is 2.23 bits per heavy atom. The van der Waals surface area contributed by atoms with Gasteiger partial charge in [0.25, 0.3) is 23.6 Å². The van der Waals surface area contributed by atoms with Crippen LogP contribution in [0.15, 0.2) is 60.7 Å². The number of ether oxygens (including phenoxy) is 4. The molecule has 3 aliphatic rings. The molecule has 20 heteroatoms. The molecule has 0 aliphatic carbocycles. The summed E-state index contributed by atoms with van der Waals surface area (Å²) in [5.41, 5.74) is 0.956. The van der Waals surface area contributed by atoms with Gasteiger partial charge in [-0.25, -0.2) is 4.79 Å². The Morgan fingerprint density at radius 1 is 0.784 bits per heavy atom. The van der Waals surface area contributed by atoms with Gasteiger partial charge in [-0.05, 0) is 112 Å². The summed E-state index contributed by atoms with van der Waals surface area (Å²) >= 11 is 0. The number of hydrogen-bond acceptors (Lipinski definition) is 14. The lowest BCUT2D eigenvalue weighted by atomic mass is 9.84. The number of nitrogens with zero attached hydrogens (tertiary/aromatic N) is 2. The number of methoxy groups -OCH3 is 2. The number of amides is 8. The van der Waals surface area contributed by atoms with Crippen LogP contribution in [0.4, 0.5) is 5.69 Å². The van der Waals surface area contributed by atoms with Gasteiger partial charge in [0.15, 0.2) is 18.1 Å². The van der Waals surface area contributed by atoms with Gasteiger partial charge in [-0.2, -0.15) is 0 Å². The topological polar surface area (TPSA) is 262 Å². The van der Waals surface area contributed by atoms with Crippen LogP contribution in [0.2, 0.25) is 0 Å². The summed E-state index contributed by atoms with van der Waals surface area (Å²) in [5.74, 6) is -4.68. The summed E-state index contributed by atoms with van der Waals surface area (Å²) in [7, 11) is 3.08. The van der Waals surface area contributed by atoms with Crippen molar-refractivity contribution in [3.8, 4) is 17.2 Å². The Morgan fingerprint density at radius 2 is 1.50 bits per heavy atom. The number of anilines is 1. The quantitative estimate of drug-likeness (QED) is 0.0403. The number of ketones is 1. The van der Waals surface area contributed by atoms with Gasteiger partial charge in [-0.1, -0.05) is 45.0 Å². The average molecular weight is 1020 g/mol. The van der Waals surface area contributed by atoms with Gasteiger partial charge in [0, 0.05) is 50.0 Å². The number of unbranched alkanes of at least 4 members (excludes halogenated alkanes) is 1. The number of likely N-dealkylation sites (tertiary alicyclic amines) is 1. The highest BCUT2D eigenvalue weighted by atomic mass is 16.5. The lowest BCUT2D eigenvalue weighted by molar-refractivity contribution is -0.164. The zero-order chi connectivity index (χ0) is 53.5. The van der Waals surface area contributed by atoms with E-state index in [1.807, 2.05) is 19.1 Å². The average Bonchev–Trinajstić information content (AvgIpc) is 3.53. The van der Waals surface area contributed by atoms with Crippen LogP contribution in [0.5, 0.6) is 17.2 Å². The van der Waals surface area contributed by atoms with Crippen LogP contribution in [0.25, 0.3) is 0 Å². The number of fused-ring (bicyclic) bond motifs is 1. The van der Waals surface area contributed by atoms with E-state index in [4.69, 9.17) is 18.9 Å². The van der Waals surface area contributed by atoms with Crippen LogP contribution in [0.1, 0.15) is 136 Å². The molecule has 0 bridgehead atoms. The fraction of sp³-hybridized carbons (Fsp3) is 0.481. The molecule has 0 spiro atoms. The monoisotopic (exact) mass is 1020 g/mol. The number of imide groups is 2. The molecule has 6 rings (SSSR count). The van der Waals surface area contributed by atoms with Gasteiger partial charge in [0.1, 0.15) is 23.9 Å². The van der Waals surface area contributed by atoms with Gasteiger partial charge in [-0.15, -0.1) is 0 Å². The maximum absolute atomic E-state index is 14.1. The number of carbonyl (C=O) groups excluding carboxylic acids is 10. The van der Waals surface area contributed by atoms with E-state index in [0.29, 0.717) is 80.5 Å². The molecule has 3 aromatic carbocycles.